The Morgan fingerprint density at radius 2 is 1.92 bits per heavy atom. The topological polar surface area (TPSA) is 96.0 Å². The lowest BCUT2D eigenvalue weighted by Crippen LogP contribution is -2.52. The fraction of sp³-hybridized carbons (Fsp3) is 0.875. The molecule has 1 heterocycles. The van der Waals surface area contributed by atoms with Crippen LogP contribution in [0.1, 0.15) is 46.5 Å². The Kier molecular flexibility index (Phi) is 4.63. The van der Waals surface area contributed by atoms with Gasteiger partial charge in [0.25, 0.3) is 10.1 Å². The van der Waals surface area contributed by atoms with Crippen molar-refractivity contribution in [2.75, 3.05) is 0 Å². The second kappa shape index (κ2) is 6.29. The van der Waals surface area contributed by atoms with Crippen LogP contribution in [0.15, 0.2) is 0 Å². The number of ether oxygens (including phenoxy) is 2. The lowest BCUT2D eigenvalue weighted by atomic mass is 9.67. The summed E-state index contributed by atoms with van der Waals surface area (Å²) in [6, 6.07) is 0. The van der Waals surface area contributed by atoms with Crippen LogP contribution in [-0.4, -0.2) is 43.9 Å². The van der Waals surface area contributed by atoms with Crippen LogP contribution in [0.5, 0.6) is 0 Å². The average molecular weight is 360 g/mol. The van der Waals surface area contributed by atoms with Gasteiger partial charge >= 0.3 is 11.9 Å². The highest BCUT2D eigenvalue weighted by atomic mass is 32.2. The van der Waals surface area contributed by atoms with E-state index >= 15 is 0 Å². The Morgan fingerprint density at radius 1 is 1.21 bits per heavy atom. The van der Waals surface area contributed by atoms with E-state index in [0.29, 0.717) is 12.8 Å². The van der Waals surface area contributed by atoms with E-state index in [9.17, 15) is 18.0 Å². The Bertz CT molecular complexity index is 628. The minimum atomic E-state index is -3.55. The fourth-order valence-corrected chi connectivity index (χ4v) is 5.86. The first-order chi connectivity index (χ1) is 11.2. The molecule has 0 aromatic heterocycles. The maximum atomic E-state index is 12.3. The van der Waals surface area contributed by atoms with E-state index < -0.39 is 45.6 Å². The molecule has 0 spiro atoms. The van der Waals surface area contributed by atoms with Crippen LogP contribution >= 0.6 is 0 Å². The van der Waals surface area contributed by atoms with Gasteiger partial charge in [-0.1, -0.05) is 13.8 Å². The van der Waals surface area contributed by atoms with Crippen LogP contribution in [0.4, 0.5) is 0 Å². The molecule has 0 N–H and O–H groups in total. The minimum Gasteiger partial charge on any atom is -0.457 e. The molecule has 7 unspecified atom stereocenters. The van der Waals surface area contributed by atoms with Gasteiger partial charge in [-0.2, -0.15) is 8.42 Å². The first-order valence-electron chi connectivity index (χ1n) is 8.57. The Balaban J connectivity index is 1.64. The first-order valence-corrected chi connectivity index (χ1v) is 10.0. The van der Waals surface area contributed by atoms with E-state index in [1.807, 2.05) is 6.92 Å². The summed E-state index contributed by atoms with van der Waals surface area (Å²) in [5.41, 5.74) is 0. The number of esters is 2. The minimum absolute atomic E-state index is 0.0105. The van der Waals surface area contributed by atoms with Crippen molar-refractivity contribution < 1.29 is 31.7 Å². The van der Waals surface area contributed by atoms with Crippen LogP contribution in [0.3, 0.4) is 0 Å². The quantitative estimate of drug-likeness (QED) is 0.540. The van der Waals surface area contributed by atoms with Gasteiger partial charge in [0.05, 0.1) is 11.2 Å². The number of carbonyl (C=O) groups excluding carboxylic acids is 2. The van der Waals surface area contributed by atoms with Gasteiger partial charge in [-0.25, -0.2) is 4.79 Å². The third kappa shape index (κ3) is 2.94. The highest BCUT2D eigenvalue weighted by molar-refractivity contribution is 7.87. The van der Waals surface area contributed by atoms with Crippen molar-refractivity contribution >= 4 is 22.1 Å². The van der Waals surface area contributed by atoms with Crippen molar-refractivity contribution in [2.45, 2.75) is 70.0 Å². The van der Waals surface area contributed by atoms with Crippen LogP contribution < -0.4 is 0 Å². The Morgan fingerprint density at radius 3 is 2.58 bits per heavy atom. The van der Waals surface area contributed by atoms with E-state index in [4.69, 9.17) is 13.7 Å². The Labute approximate surface area is 142 Å². The SMILES string of the molecule is CCC(C)C(=O)OC(C)C(=O)OC1C2CCC3C1OS(=O)(=O)C3C2. The number of carbonyl (C=O) groups is 2. The predicted octanol–water partition coefficient (Wildman–Crippen LogP) is 1.40. The van der Waals surface area contributed by atoms with Crippen LogP contribution in [0, 0.1) is 17.8 Å². The zero-order valence-corrected chi connectivity index (χ0v) is 15.0. The molecule has 3 aliphatic carbocycles. The summed E-state index contributed by atoms with van der Waals surface area (Å²) in [6.07, 6.45) is 0.538. The van der Waals surface area contributed by atoms with Crippen LogP contribution in [-0.2, 0) is 33.4 Å². The van der Waals surface area contributed by atoms with Crippen molar-refractivity contribution in [3.8, 4) is 0 Å². The summed E-state index contributed by atoms with van der Waals surface area (Å²) in [7, 11) is -3.55. The maximum Gasteiger partial charge on any atom is 0.347 e. The molecule has 0 amide bonds. The largest absolute Gasteiger partial charge is 0.457 e. The number of fused-ring (bicyclic) bond motifs is 1. The molecule has 4 rings (SSSR count). The molecule has 7 atom stereocenters. The van der Waals surface area contributed by atoms with Gasteiger partial charge in [-0.15, -0.1) is 0 Å². The number of hydrogen-bond donors (Lipinski definition) is 0. The second-order valence-corrected chi connectivity index (χ2v) is 8.90. The second-order valence-electron chi connectivity index (χ2n) is 7.12. The van der Waals surface area contributed by atoms with Crippen molar-refractivity contribution in [1.82, 2.24) is 0 Å². The lowest BCUT2D eigenvalue weighted by molar-refractivity contribution is -0.183. The molecular formula is C16H24O7S. The summed E-state index contributed by atoms with van der Waals surface area (Å²) in [6.45, 7) is 5.07. The van der Waals surface area contributed by atoms with Crippen LogP contribution in [0.2, 0.25) is 0 Å². The monoisotopic (exact) mass is 360 g/mol. The third-order valence-corrected chi connectivity index (χ3v) is 7.38. The van der Waals surface area contributed by atoms with E-state index in [0.717, 1.165) is 12.8 Å². The van der Waals surface area contributed by atoms with Crippen molar-refractivity contribution in [3.63, 3.8) is 0 Å². The van der Waals surface area contributed by atoms with Gasteiger partial charge in [0.1, 0.15) is 12.2 Å². The van der Waals surface area contributed by atoms with Gasteiger partial charge in [-0.05, 0) is 38.5 Å². The van der Waals surface area contributed by atoms with Gasteiger partial charge in [-0.3, -0.25) is 8.98 Å². The molecule has 1 saturated heterocycles. The van der Waals surface area contributed by atoms with Gasteiger partial charge in [0.2, 0.25) is 0 Å². The summed E-state index contributed by atoms with van der Waals surface area (Å²) >= 11 is 0. The van der Waals surface area contributed by atoms with E-state index in [-0.39, 0.29) is 17.8 Å². The molecule has 0 aromatic rings. The van der Waals surface area contributed by atoms with Crippen LogP contribution in [0.25, 0.3) is 0 Å². The molecule has 24 heavy (non-hydrogen) atoms. The molecule has 1 aliphatic heterocycles. The zero-order chi connectivity index (χ0) is 17.6. The molecule has 0 radical (unpaired) electrons. The summed E-state index contributed by atoms with van der Waals surface area (Å²) in [4.78, 5) is 24.1. The van der Waals surface area contributed by atoms with Gasteiger partial charge < -0.3 is 9.47 Å². The number of rotatable bonds is 5. The molecule has 7 nitrogen and oxygen atoms in total. The molecule has 0 aromatic carbocycles. The van der Waals surface area contributed by atoms with Crippen molar-refractivity contribution in [2.24, 2.45) is 17.8 Å². The molecule has 4 fully saturated rings. The van der Waals surface area contributed by atoms with Crippen molar-refractivity contribution in [3.05, 3.63) is 0 Å². The number of hydrogen-bond acceptors (Lipinski definition) is 7. The van der Waals surface area contributed by atoms with E-state index in [1.165, 1.54) is 6.92 Å². The fourth-order valence-electron chi connectivity index (χ4n) is 3.95. The summed E-state index contributed by atoms with van der Waals surface area (Å²) in [5, 5.41) is -0.461. The molecule has 136 valence electrons. The molecule has 4 aliphatic rings. The summed E-state index contributed by atoms with van der Waals surface area (Å²) in [5.74, 6) is -1.48. The lowest BCUT2D eigenvalue weighted by Gasteiger charge is -2.43. The molecule has 3 saturated carbocycles. The highest BCUT2D eigenvalue weighted by Crippen LogP contribution is 2.52. The normalized spacial score (nSPS) is 38.4. The summed E-state index contributed by atoms with van der Waals surface area (Å²) < 4.78 is 39.9. The average Bonchev–Trinajstić information content (AvgIpc) is 2.77. The van der Waals surface area contributed by atoms with Crippen molar-refractivity contribution in [1.29, 1.82) is 0 Å². The molecular weight excluding hydrogens is 336 g/mol. The zero-order valence-electron chi connectivity index (χ0n) is 14.1. The molecule has 4 bridgehead atoms. The maximum absolute atomic E-state index is 12.3. The standard InChI is InChI=1S/C16H24O7S/c1-4-8(2)15(17)21-9(3)16(18)22-13-10-5-6-11-12(7-10)24(19,20)23-14(11)13/h8-14H,4-7H2,1-3H3. The smallest absolute Gasteiger partial charge is 0.347 e. The third-order valence-electron chi connectivity index (χ3n) is 5.60. The first kappa shape index (κ1) is 17.7. The van der Waals surface area contributed by atoms with Gasteiger partial charge in [0, 0.05) is 5.92 Å². The van der Waals surface area contributed by atoms with E-state index in [2.05, 4.69) is 0 Å². The molecule has 8 heteroatoms. The van der Waals surface area contributed by atoms with Gasteiger partial charge in [0.15, 0.2) is 6.10 Å². The predicted molar refractivity (Wildman–Crippen MR) is 83.3 cm³/mol. The Hall–Kier alpha value is -1.15. The van der Waals surface area contributed by atoms with E-state index in [1.54, 1.807) is 6.92 Å². The highest BCUT2D eigenvalue weighted by Gasteiger charge is 2.61.